The fourth-order valence-electron chi connectivity index (χ4n) is 2.07. The zero-order valence-corrected chi connectivity index (χ0v) is 7.67. The molecule has 68 valence electrons. The third-order valence-corrected chi connectivity index (χ3v) is 2.90. The molecule has 1 nitrogen and oxygen atoms in total. The van der Waals surface area contributed by atoms with Gasteiger partial charge < -0.3 is 4.79 Å². The molecule has 0 radical (unpaired) electrons. The maximum absolute atomic E-state index is 10.3. The van der Waals surface area contributed by atoms with Gasteiger partial charge >= 0.3 is 0 Å². The van der Waals surface area contributed by atoms with Gasteiger partial charge in [0.05, 0.1) is 0 Å². The third-order valence-electron chi connectivity index (χ3n) is 2.90. The lowest BCUT2D eigenvalue weighted by atomic mass is 9.79. The molecule has 0 heterocycles. The summed E-state index contributed by atoms with van der Waals surface area (Å²) in [5, 5.41) is 0. The van der Waals surface area contributed by atoms with Crippen LogP contribution in [0.25, 0.3) is 0 Å². The van der Waals surface area contributed by atoms with Crippen molar-refractivity contribution in [2.75, 3.05) is 0 Å². The zero-order valence-electron chi connectivity index (χ0n) is 7.67. The summed E-state index contributed by atoms with van der Waals surface area (Å²) in [4.78, 5) is 10.3. The van der Waals surface area contributed by atoms with E-state index in [1.165, 1.54) is 25.7 Å². The molecule has 1 aliphatic rings. The van der Waals surface area contributed by atoms with E-state index in [1.54, 1.807) is 0 Å². The van der Waals surface area contributed by atoms with Crippen molar-refractivity contribution in [1.82, 2.24) is 0 Å². The van der Waals surface area contributed by atoms with Crippen molar-refractivity contribution in [1.29, 1.82) is 0 Å². The van der Waals surface area contributed by atoms with E-state index in [9.17, 15) is 4.79 Å². The van der Waals surface area contributed by atoms with E-state index in [-0.39, 0.29) is 0 Å². The summed E-state index contributed by atoms with van der Waals surface area (Å²) in [5.41, 5.74) is 0. The smallest absolute Gasteiger partial charge is 0.120 e. The maximum atomic E-state index is 10.3. The van der Waals surface area contributed by atoms with Gasteiger partial charge in [0.2, 0.25) is 0 Å². The minimum Gasteiger partial charge on any atom is -0.303 e. The van der Waals surface area contributed by atoms with E-state index in [4.69, 9.17) is 0 Å². The van der Waals surface area contributed by atoms with Crippen molar-refractivity contribution < 1.29 is 4.79 Å². The third kappa shape index (κ3) is 2.80. The summed E-state index contributed by atoms with van der Waals surface area (Å²) >= 11 is 0. The van der Waals surface area contributed by atoms with Crippen LogP contribution in [-0.2, 0) is 4.79 Å². The normalized spacial score (nSPS) is 29.7. The molecule has 0 spiro atoms. The summed E-state index contributed by atoms with van der Waals surface area (Å²) in [6.45, 7) is 3.75. The quantitative estimate of drug-likeness (QED) is 0.463. The highest BCUT2D eigenvalue weighted by atomic mass is 16.1. The number of carbonyl (C=O) groups excluding carboxylic acids is 1. The summed E-state index contributed by atoms with van der Waals surface area (Å²) in [6, 6.07) is 0. The number of carbonyl (C=O) groups is 1. The van der Waals surface area contributed by atoms with E-state index in [2.05, 4.69) is 6.58 Å². The molecule has 1 heteroatoms. The molecule has 1 fully saturated rings. The van der Waals surface area contributed by atoms with E-state index < -0.39 is 0 Å². The second kappa shape index (κ2) is 5.13. The summed E-state index contributed by atoms with van der Waals surface area (Å²) in [5.74, 6) is 1.54. The molecule has 0 unspecified atom stereocenters. The predicted octanol–water partition coefficient (Wildman–Crippen LogP) is 2.96. The summed E-state index contributed by atoms with van der Waals surface area (Å²) < 4.78 is 0. The van der Waals surface area contributed by atoms with E-state index in [1.807, 2.05) is 6.08 Å². The Morgan fingerprint density at radius 3 is 2.00 bits per heavy atom. The van der Waals surface area contributed by atoms with Gasteiger partial charge in [-0.2, -0.15) is 0 Å². The first-order valence-corrected chi connectivity index (χ1v) is 4.91. The lowest BCUT2D eigenvalue weighted by Gasteiger charge is -2.26. The summed E-state index contributed by atoms with van der Waals surface area (Å²) in [6.07, 6.45) is 10.1. The van der Waals surface area contributed by atoms with Crippen LogP contribution < -0.4 is 0 Å². The van der Waals surface area contributed by atoms with Crippen molar-refractivity contribution in [2.45, 2.75) is 38.5 Å². The number of aldehydes is 1. The minimum absolute atomic E-state index is 0.684. The highest BCUT2D eigenvalue weighted by molar-refractivity contribution is 5.49. The lowest BCUT2D eigenvalue weighted by molar-refractivity contribution is -0.108. The minimum atomic E-state index is 0.684. The molecule has 1 saturated carbocycles. The highest BCUT2D eigenvalue weighted by Gasteiger charge is 2.19. The van der Waals surface area contributed by atoms with Gasteiger partial charge in [-0.3, -0.25) is 0 Å². The van der Waals surface area contributed by atoms with Gasteiger partial charge in [0.25, 0.3) is 0 Å². The first-order chi connectivity index (χ1) is 5.86. The van der Waals surface area contributed by atoms with Crippen LogP contribution >= 0.6 is 0 Å². The van der Waals surface area contributed by atoms with Gasteiger partial charge in [-0.05, 0) is 43.9 Å². The molecule has 0 aromatic heterocycles. The van der Waals surface area contributed by atoms with Gasteiger partial charge in [-0.25, -0.2) is 0 Å². The van der Waals surface area contributed by atoms with Crippen LogP contribution in [0.2, 0.25) is 0 Å². The Kier molecular flexibility index (Phi) is 4.06. The van der Waals surface area contributed by atoms with Crippen molar-refractivity contribution in [3.05, 3.63) is 12.7 Å². The average Bonchev–Trinajstić information content (AvgIpc) is 2.09. The Balaban J connectivity index is 2.19. The SMILES string of the molecule is C=CCC1CCC(CC=O)CC1. The van der Waals surface area contributed by atoms with E-state index in [0.717, 1.165) is 25.0 Å². The summed E-state index contributed by atoms with van der Waals surface area (Å²) in [7, 11) is 0. The van der Waals surface area contributed by atoms with Crippen molar-refractivity contribution in [2.24, 2.45) is 11.8 Å². The molecule has 12 heavy (non-hydrogen) atoms. The first-order valence-electron chi connectivity index (χ1n) is 4.91. The number of hydrogen-bond donors (Lipinski definition) is 0. The zero-order chi connectivity index (χ0) is 8.81. The molecule has 0 bridgehead atoms. The molecule has 0 aromatic rings. The van der Waals surface area contributed by atoms with Crippen LogP contribution in [0.15, 0.2) is 12.7 Å². The van der Waals surface area contributed by atoms with Crippen molar-refractivity contribution >= 4 is 6.29 Å². The highest BCUT2D eigenvalue weighted by Crippen LogP contribution is 2.31. The van der Waals surface area contributed by atoms with Gasteiger partial charge in [0, 0.05) is 6.42 Å². The molecule has 0 aromatic carbocycles. The van der Waals surface area contributed by atoms with Crippen LogP contribution in [0, 0.1) is 11.8 Å². The topological polar surface area (TPSA) is 17.1 Å². The second-order valence-corrected chi connectivity index (χ2v) is 3.81. The van der Waals surface area contributed by atoms with Gasteiger partial charge in [-0.15, -0.1) is 6.58 Å². The van der Waals surface area contributed by atoms with Crippen molar-refractivity contribution in [3.63, 3.8) is 0 Å². The number of rotatable bonds is 4. The Morgan fingerprint density at radius 2 is 1.58 bits per heavy atom. The van der Waals surface area contributed by atoms with Crippen LogP contribution in [0.5, 0.6) is 0 Å². The van der Waals surface area contributed by atoms with E-state index >= 15 is 0 Å². The average molecular weight is 166 g/mol. The molecule has 0 saturated heterocycles. The lowest BCUT2D eigenvalue weighted by Crippen LogP contribution is -2.14. The van der Waals surface area contributed by atoms with E-state index in [0.29, 0.717) is 5.92 Å². The molecular formula is C11H18O. The Labute approximate surface area is 74.9 Å². The molecule has 0 atom stereocenters. The second-order valence-electron chi connectivity index (χ2n) is 3.81. The molecule has 0 aliphatic heterocycles. The molecule has 0 N–H and O–H groups in total. The molecule has 1 rings (SSSR count). The predicted molar refractivity (Wildman–Crippen MR) is 50.9 cm³/mol. The Hall–Kier alpha value is -0.590. The Morgan fingerprint density at radius 1 is 1.08 bits per heavy atom. The van der Waals surface area contributed by atoms with Crippen LogP contribution in [0.3, 0.4) is 0 Å². The standard InChI is InChI=1S/C11H18O/c1-2-3-10-4-6-11(7-5-10)8-9-12/h2,9-11H,1,3-8H2. The van der Waals surface area contributed by atoms with Gasteiger partial charge in [-0.1, -0.05) is 6.08 Å². The van der Waals surface area contributed by atoms with Gasteiger partial charge in [0.15, 0.2) is 0 Å². The molecule has 0 amide bonds. The van der Waals surface area contributed by atoms with Crippen LogP contribution in [0.4, 0.5) is 0 Å². The molecule has 1 aliphatic carbocycles. The van der Waals surface area contributed by atoms with Crippen LogP contribution in [0.1, 0.15) is 38.5 Å². The van der Waals surface area contributed by atoms with Gasteiger partial charge in [0.1, 0.15) is 6.29 Å². The van der Waals surface area contributed by atoms with Crippen LogP contribution in [-0.4, -0.2) is 6.29 Å². The Bertz CT molecular complexity index is 125. The molecular weight excluding hydrogens is 148 g/mol. The first kappa shape index (κ1) is 9.50. The van der Waals surface area contributed by atoms with Crippen molar-refractivity contribution in [3.8, 4) is 0 Å². The number of hydrogen-bond acceptors (Lipinski definition) is 1. The largest absolute Gasteiger partial charge is 0.303 e. The monoisotopic (exact) mass is 166 g/mol. The fraction of sp³-hybridized carbons (Fsp3) is 0.727. The fourth-order valence-corrected chi connectivity index (χ4v) is 2.07. The number of allylic oxidation sites excluding steroid dienone is 1. The maximum Gasteiger partial charge on any atom is 0.120 e.